The zero-order chi connectivity index (χ0) is 14.0. The number of benzene rings is 1. The molecule has 0 bridgehead atoms. The number of carboxylic acids is 1. The van der Waals surface area contributed by atoms with Gasteiger partial charge in [0.2, 0.25) is 0 Å². The molecule has 19 heavy (non-hydrogen) atoms. The van der Waals surface area contributed by atoms with E-state index in [1.165, 1.54) is 0 Å². The molecule has 3 nitrogen and oxygen atoms in total. The van der Waals surface area contributed by atoms with Crippen molar-refractivity contribution in [1.82, 2.24) is 0 Å². The zero-order valence-electron chi connectivity index (χ0n) is 11.5. The molecule has 3 heteroatoms. The summed E-state index contributed by atoms with van der Waals surface area (Å²) in [6, 6.07) is 5.83. The van der Waals surface area contributed by atoms with E-state index in [4.69, 9.17) is 5.11 Å². The SMILES string of the molecule is Cc1cccc(C)c1C(=O)[C@H]1CCC[C@@H](C(=O)O)C1. The summed E-state index contributed by atoms with van der Waals surface area (Å²) in [4.78, 5) is 23.7. The minimum Gasteiger partial charge on any atom is -0.481 e. The summed E-state index contributed by atoms with van der Waals surface area (Å²) in [6.45, 7) is 3.88. The molecule has 1 fully saturated rings. The molecule has 0 saturated heterocycles. The van der Waals surface area contributed by atoms with Crippen molar-refractivity contribution in [2.24, 2.45) is 11.8 Å². The minimum atomic E-state index is -0.765. The zero-order valence-corrected chi connectivity index (χ0v) is 11.5. The van der Waals surface area contributed by atoms with Gasteiger partial charge in [-0.1, -0.05) is 24.6 Å². The first-order chi connectivity index (χ1) is 9.00. The molecule has 2 rings (SSSR count). The van der Waals surface area contributed by atoms with E-state index in [0.717, 1.165) is 29.5 Å². The van der Waals surface area contributed by atoms with Crippen LogP contribution in [0.4, 0.5) is 0 Å². The van der Waals surface area contributed by atoms with Crippen LogP contribution in [-0.2, 0) is 4.79 Å². The summed E-state index contributed by atoms with van der Waals surface area (Å²) in [5, 5.41) is 9.11. The van der Waals surface area contributed by atoms with Gasteiger partial charge in [0.15, 0.2) is 5.78 Å². The largest absolute Gasteiger partial charge is 0.481 e. The topological polar surface area (TPSA) is 54.4 Å². The molecule has 0 aromatic heterocycles. The number of aryl methyl sites for hydroxylation is 2. The van der Waals surface area contributed by atoms with Crippen LogP contribution in [0.2, 0.25) is 0 Å². The Morgan fingerprint density at radius 3 is 2.26 bits per heavy atom. The minimum absolute atomic E-state index is 0.126. The Kier molecular flexibility index (Phi) is 4.03. The van der Waals surface area contributed by atoms with Gasteiger partial charge in [0.1, 0.15) is 0 Å². The van der Waals surface area contributed by atoms with Crippen molar-refractivity contribution in [3.63, 3.8) is 0 Å². The standard InChI is InChI=1S/C16H20O3/c1-10-5-3-6-11(2)14(10)15(17)12-7-4-8-13(9-12)16(18)19/h3,5-6,12-13H,4,7-9H2,1-2H3,(H,18,19)/t12-,13+/m0/s1. The van der Waals surface area contributed by atoms with Crippen LogP contribution in [0.25, 0.3) is 0 Å². The van der Waals surface area contributed by atoms with Crippen LogP contribution >= 0.6 is 0 Å². The summed E-state index contributed by atoms with van der Waals surface area (Å²) in [5.41, 5.74) is 2.77. The Morgan fingerprint density at radius 2 is 1.68 bits per heavy atom. The van der Waals surface area contributed by atoms with Crippen molar-refractivity contribution in [3.05, 3.63) is 34.9 Å². The average Bonchev–Trinajstić information content (AvgIpc) is 2.38. The van der Waals surface area contributed by atoms with E-state index in [2.05, 4.69) is 0 Å². The second-order valence-corrected chi connectivity index (χ2v) is 5.53. The fourth-order valence-corrected chi connectivity index (χ4v) is 3.06. The van der Waals surface area contributed by atoms with Crippen LogP contribution in [0.1, 0.15) is 47.2 Å². The molecule has 0 amide bonds. The third kappa shape index (κ3) is 2.86. The van der Waals surface area contributed by atoms with Crippen molar-refractivity contribution in [2.75, 3.05) is 0 Å². The van der Waals surface area contributed by atoms with Gasteiger partial charge in [-0.3, -0.25) is 9.59 Å². The van der Waals surface area contributed by atoms with Crippen molar-refractivity contribution in [2.45, 2.75) is 39.5 Å². The molecule has 0 radical (unpaired) electrons. The fraction of sp³-hybridized carbons (Fsp3) is 0.500. The van der Waals surface area contributed by atoms with Gasteiger partial charge in [-0.05, 0) is 44.2 Å². The summed E-state index contributed by atoms with van der Waals surface area (Å²) in [7, 11) is 0. The molecule has 1 aromatic rings. The highest BCUT2D eigenvalue weighted by atomic mass is 16.4. The lowest BCUT2D eigenvalue weighted by molar-refractivity contribution is -0.143. The van der Waals surface area contributed by atoms with Gasteiger partial charge in [0, 0.05) is 11.5 Å². The first-order valence-corrected chi connectivity index (χ1v) is 6.84. The van der Waals surface area contributed by atoms with Gasteiger partial charge in [-0.25, -0.2) is 0 Å². The number of aliphatic carboxylic acids is 1. The highest BCUT2D eigenvalue weighted by Crippen LogP contribution is 2.32. The first kappa shape index (κ1) is 13.8. The van der Waals surface area contributed by atoms with Crippen LogP contribution in [-0.4, -0.2) is 16.9 Å². The normalized spacial score (nSPS) is 23.1. The second-order valence-electron chi connectivity index (χ2n) is 5.53. The van der Waals surface area contributed by atoms with Crippen molar-refractivity contribution < 1.29 is 14.7 Å². The van der Waals surface area contributed by atoms with E-state index in [0.29, 0.717) is 12.8 Å². The van der Waals surface area contributed by atoms with E-state index >= 15 is 0 Å². The summed E-state index contributed by atoms with van der Waals surface area (Å²) >= 11 is 0. The molecule has 1 aliphatic rings. The first-order valence-electron chi connectivity index (χ1n) is 6.84. The summed E-state index contributed by atoms with van der Waals surface area (Å²) in [6.07, 6.45) is 2.84. The Bertz CT molecular complexity index is 484. The quantitative estimate of drug-likeness (QED) is 0.848. The molecule has 2 atom stereocenters. The molecule has 0 unspecified atom stereocenters. The van der Waals surface area contributed by atoms with Gasteiger partial charge in [-0.15, -0.1) is 0 Å². The summed E-state index contributed by atoms with van der Waals surface area (Å²) < 4.78 is 0. The van der Waals surface area contributed by atoms with E-state index in [1.54, 1.807) is 0 Å². The Morgan fingerprint density at radius 1 is 1.11 bits per heavy atom. The Labute approximate surface area is 113 Å². The molecular formula is C16H20O3. The second kappa shape index (κ2) is 5.55. The van der Waals surface area contributed by atoms with Crippen molar-refractivity contribution >= 4 is 11.8 Å². The van der Waals surface area contributed by atoms with Crippen LogP contribution in [0, 0.1) is 25.7 Å². The molecule has 1 aromatic carbocycles. The van der Waals surface area contributed by atoms with Crippen molar-refractivity contribution in [1.29, 1.82) is 0 Å². The number of ketones is 1. The monoisotopic (exact) mass is 260 g/mol. The number of rotatable bonds is 3. The number of carbonyl (C=O) groups is 2. The molecule has 102 valence electrons. The number of carbonyl (C=O) groups excluding carboxylic acids is 1. The van der Waals surface area contributed by atoms with Crippen LogP contribution < -0.4 is 0 Å². The number of hydrogen-bond donors (Lipinski definition) is 1. The molecule has 1 aliphatic carbocycles. The summed E-state index contributed by atoms with van der Waals surface area (Å²) in [5.74, 6) is -1.12. The number of hydrogen-bond acceptors (Lipinski definition) is 2. The van der Waals surface area contributed by atoms with Gasteiger partial charge >= 0.3 is 5.97 Å². The average molecular weight is 260 g/mol. The lowest BCUT2D eigenvalue weighted by Crippen LogP contribution is -2.28. The van der Waals surface area contributed by atoms with Gasteiger partial charge < -0.3 is 5.11 Å². The van der Waals surface area contributed by atoms with E-state index in [-0.39, 0.29) is 17.6 Å². The Hall–Kier alpha value is -1.64. The lowest BCUT2D eigenvalue weighted by Gasteiger charge is -2.26. The maximum Gasteiger partial charge on any atom is 0.306 e. The highest BCUT2D eigenvalue weighted by molar-refractivity contribution is 6.00. The lowest BCUT2D eigenvalue weighted by atomic mass is 9.77. The smallest absolute Gasteiger partial charge is 0.306 e. The van der Waals surface area contributed by atoms with Gasteiger partial charge in [-0.2, -0.15) is 0 Å². The third-order valence-electron chi connectivity index (χ3n) is 4.12. The fourth-order valence-electron chi connectivity index (χ4n) is 3.06. The van der Waals surface area contributed by atoms with Crippen LogP contribution in [0.3, 0.4) is 0 Å². The predicted octanol–water partition coefficient (Wildman–Crippen LogP) is 3.38. The molecule has 0 heterocycles. The van der Waals surface area contributed by atoms with Crippen LogP contribution in [0.5, 0.6) is 0 Å². The molecular weight excluding hydrogens is 240 g/mol. The van der Waals surface area contributed by atoms with E-state index < -0.39 is 5.97 Å². The maximum atomic E-state index is 12.6. The molecule has 0 aliphatic heterocycles. The number of Topliss-reactive ketones (excluding diaryl/α,β-unsaturated/α-hetero) is 1. The van der Waals surface area contributed by atoms with Gasteiger partial charge in [0.05, 0.1) is 5.92 Å². The highest BCUT2D eigenvalue weighted by Gasteiger charge is 2.32. The van der Waals surface area contributed by atoms with E-state index in [9.17, 15) is 9.59 Å². The van der Waals surface area contributed by atoms with Gasteiger partial charge in [0.25, 0.3) is 0 Å². The molecule has 1 saturated carbocycles. The van der Waals surface area contributed by atoms with Crippen molar-refractivity contribution in [3.8, 4) is 0 Å². The molecule has 0 spiro atoms. The van der Waals surface area contributed by atoms with E-state index in [1.807, 2.05) is 32.0 Å². The maximum absolute atomic E-state index is 12.6. The predicted molar refractivity (Wildman–Crippen MR) is 73.3 cm³/mol. The number of carboxylic acid groups (broad SMARTS) is 1. The molecule has 1 N–H and O–H groups in total. The van der Waals surface area contributed by atoms with Crippen LogP contribution in [0.15, 0.2) is 18.2 Å². The third-order valence-corrected chi connectivity index (χ3v) is 4.12. The Balaban J connectivity index is 2.22.